The third kappa shape index (κ3) is 4.95. The minimum Gasteiger partial charge on any atom is -0.351 e. The smallest absolute Gasteiger partial charge is 0.271 e. The van der Waals surface area contributed by atoms with Gasteiger partial charge in [0.25, 0.3) is 5.56 Å². The fourth-order valence-corrected chi connectivity index (χ4v) is 4.93. The van der Waals surface area contributed by atoms with Crippen LogP contribution >= 0.6 is 35.3 Å². The van der Waals surface area contributed by atoms with E-state index in [1.54, 1.807) is 4.57 Å². The van der Waals surface area contributed by atoms with Gasteiger partial charge in [-0.2, -0.15) is 0 Å². The molecule has 0 aliphatic rings. The zero-order chi connectivity index (χ0) is 22.0. The minimum absolute atomic E-state index is 0.131. The summed E-state index contributed by atoms with van der Waals surface area (Å²) < 4.78 is 2.82. The van der Waals surface area contributed by atoms with E-state index >= 15 is 0 Å². The van der Waals surface area contributed by atoms with E-state index in [0.717, 1.165) is 16.8 Å². The number of rotatable bonds is 6. The summed E-state index contributed by atoms with van der Waals surface area (Å²) in [5.41, 5.74) is 4.45. The molecule has 6 nitrogen and oxygen atoms in total. The molecule has 2 aromatic carbocycles. The first kappa shape index (κ1) is 21.5. The summed E-state index contributed by atoms with van der Waals surface area (Å²) in [5, 5.41) is 3.27. The molecule has 0 unspecified atom stereocenters. The fraction of sp³-hybridized carbons (Fsp3) is 0.182. The van der Waals surface area contributed by atoms with E-state index in [0.29, 0.717) is 26.0 Å². The van der Waals surface area contributed by atoms with Crippen LogP contribution in [0.25, 0.3) is 16.0 Å². The van der Waals surface area contributed by atoms with Gasteiger partial charge in [0.05, 0.1) is 5.75 Å². The minimum atomic E-state index is -0.255. The second-order valence-corrected chi connectivity index (χ2v) is 9.72. The number of H-pyrrole nitrogens is 1. The fourth-order valence-electron chi connectivity index (χ4n) is 2.97. The van der Waals surface area contributed by atoms with Crippen LogP contribution in [0.15, 0.2) is 58.5 Å². The summed E-state index contributed by atoms with van der Waals surface area (Å²) in [7, 11) is 0. The molecule has 0 atom stereocenters. The van der Waals surface area contributed by atoms with Crippen molar-refractivity contribution in [2.45, 2.75) is 25.5 Å². The lowest BCUT2D eigenvalue weighted by Gasteiger charge is -2.07. The number of amides is 1. The van der Waals surface area contributed by atoms with Gasteiger partial charge < -0.3 is 10.3 Å². The number of benzene rings is 2. The number of carbonyl (C=O) groups excluding carboxylic acids is 1. The lowest BCUT2D eigenvalue weighted by Crippen LogP contribution is -2.24. The molecule has 2 N–H and O–H groups in total. The van der Waals surface area contributed by atoms with Crippen molar-refractivity contribution in [3.8, 4) is 5.69 Å². The van der Waals surface area contributed by atoms with Crippen LogP contribution in [0.4, 0.5) is 0 Å². The predicted molar refractivity (Wildman–Crippen MR) is 129 cm³/mol. The van der Waals surface area contributed by atoms with Crippen LogP contribution in [-0.4, -0.2) is 26.2 Å². The van der Waals surface area contributed by atoms with E-state index in [1.165, 1.54) is 28.7 Å². The van der Waals surface area contributed by atoms with Gasteiger partial charge in [-0.15, -0.1) is 0 Å². The van der Waals surface area contributed by atoms with Gasteiger partial charge in [0.1, 0.15) is 4.70 Å². The quantitative estimate of drug-likeness (QED) is 0.247. The first-order valence-electron chi connectivity index (χ1n) is 9.58. The number of carbonyl (C=O) groups is 1. The number of fused-ring (bicyclic) bond motifs is 1. The van der Waals surface area contributed by atoms with Crippen LogP contribution in [0.5, 0.6) is 0 Å². The highest BCUT2D eigenvalue weighted by molar-refractivity contribution is 7.99. The zero-order valence-corrected chi connectivity index (χ0v) is 19.4. The molecule has 4 rings (SSSR count). The van der Waals surface area contributed by atoms with E-state index in [2.05, 4.69) is 15.3 Å². The summed E-state index contributed by atoms with van der Waals surface area (Å²) in [5.74, 6) is 0.0180. The predicted octanol–water partition coefficient (Wildman–Crippen LogP) is 4.53. The number of aromatic amines is 1. The molecule has 0 saturated heterocycles. The second-order valence-electron chi connectivity index (χ2n) is 7.11. The Morgan fingerprint density at radius 1 is 1.13 bits per heavy atom. The summed E-state index contributed by atoms with van der Waals surface area (Å²) in [6.45, 7) is 4.49. The number of aromatic nitrogens is 3. The van der Waals surface area contributed by atoms with Crippen molar-refractivity contribution >= 4 is 51.6 Å². The van der Waals surface area contributed by atoms with Crippen molar-refractivity contribution in [2.75, 3.05) is 5.75 Å². The van der Waals surface area contributed by atoms with E-state index < -0.39 is 0 Å². The van der Waals surface area contributed by atoms with E-state index in [9.17, 15) is 9.59 Å². The normalized spacial score (nSPS) is 11.0. The van der Waals surface area contributed by atoms with Gasteiger partial charge in [0.15, 0.2) is 14.8 Å². The summed E-state index contributed by atoms with van der Waals surface area (Å²) >= 11 is 7.90. The number of hydrogen-bond acceptors (Lipinski definition) is 6. The van der Waals surface area contributed by atoms with Gasteiger partial charge in [-0.05, 0) is 43.8 Å². The van der Waals surface area contributed by atoms with Crippen molar-refractivity contribution < 1.29 is 4.79 Å². The first-order chi connectivity index (χ1) is 14.9. The van der Waals surface area contributed by atoms with Gasteiger partial charge in [-0.3, -0.25) is 14.2 Å². The lowest BCUT2D eigenvalue weighted by molar-refractivity contribution is -0.118. The van der Waals surface area contributed by atoms with Crippen LogP contribution in [0.1, 0.15) is 16.7 Å². The van der Waals surface area contributed by atoms with Crippen molar-refractivity contribution in [3.05, 3.63) is 79.5 Å². The third-order valence-corrected chi connectivity index (χ3v) is 6.90. The molecular weight excluding hydrogens is 448 g/mol. The van der Waals surface area contributed by atoms with Crippen LogP contribution < -0.4 is 10.9 Å². The maximum atomic E-state index is 12.6. The summed E-state index contributed by atoms with van der Waals surface area (Å²) in [6.07, 6.45) is 0. The average molecular weight is 469 g/mol. The number of nitrogens with one attached hydrogen (secondary N) is 2. The topological polar surface area (TPSA) is 79.8 Å². The maximum Gasteiger partial charge on any atom is 0.271 e. The molecule has 2 heterocycles. The van der Waals surface area contributed by atoms with Crippen LogP contribution in [0.3, 0.4) is 0 Å². The molecule has 158 valence electrons. The molecule has 0 aliphatic carbocycles. The molecule has 0 radical (unpaired) electrons. The number of thioether (sulfide) groups is 1. The number of nitrogens with zero attached hydrogens (tertiary/aromatic N) is 2. The Kier molecular flexibility index (Phi) is 6.35. The van der Waals surface area contributed by atoms with Crippen molar-refractivity contribution in [2.24, 2.45) is 0 Å². The molecule has 0 fully saturated rings. The average Bonchev–Trinajstić information content (AvgIpc) is 3.09. The molecule has 31 heavy (non-hydrogen) atoms. The SMILES string of the molecule is Cc1ccc(CNC(=O)CSc2nc3c(sc(=S)n3-c3ccc(C)cc3)c(=O)[nH]2)cc1. The highest BCUT2D eigenvalue weighted by Crippen LogP contribution is 2.24. The molecule has 1 amide bonds. The van der Waals surface area contributed by atoms with Gasteiger partial charge in [-0.25, -0.2) is 4.98 Å². The Morgan fingerprint density at radius 2 is 1.77 bits per heavy atom. The maximum absolute atomic E-state index is 12.6. The van der Waals surface area contributed by atoms with E-state index in [4.69, 9.17) is 12.2 Å². The van der Waals surface area contributed by atoms with Gasteiger partial charge in [0, 0.05) is 12.2 Å². The highest BCUT2D eigenvalue weighted by Gasteiger charge is 2.14. The molecule has 0 saturated carbocycles. The van der Waals surface area contributed by atoms with Crippen molar-refractivity contribution in [3.63, 3.8) is 0 Å². The van der Waals surface area contributed by atoms with E-state index in [-0.39, 0.29) is 17.2 Å². The van der Waals surface area contributed by atoms with Gasteiger partial charge in [-0.1, -0.05) is 70.6 Å². The summed E-state index contributed by atoms with van der Waals surface area (Å²) in [4.78, 5) is 32.2. The van der Waals surface area contributed by atoms with E-state index in [1.807, 2.05) is 62.4 Å². The molecule has 0 bridgehead atoms. The second kappa shape index (κ2) is 9.17. The van der Waals surface area contributed by atoms with Gasteiger partial charge >= 0.3 is 0 Å². The summed E-state index contributed by atoms with van der Waals surface area (Å²) in [6, 6.07) is 15.9. The molecule has 4 aromatic rings. The van der Waals surface area contributed by atoms with Gasteiger partial charge in [0.2, 0.25) is 5.91 Å². The first-order valence-corrected chi connectivity index (χ1v) is 11.8. The monoisotopic (exact) mass is 468 g/mol. The Bertz CT molecular complexity index is 1350. The van der Waals surface area contributed by atoms with Crippen molar-refractivity contribution in [1.82, 2.24) is 19.9 Å². The van der Waals surface area contributed by atoms with Crippen LogP contribution in [0, 0.1) is 17.8 Å². The van der Waals surface area contributed by atoms with Crippen LogP contribution in [-0.2, 0) is 11.3 Å². The molecule has 0 spiro atoms. The number of aryl methyl sites for hydroxylation is 2. The Labute approximate surface area is 192 Å². The Morgan fingerprint density at radius 3 is 2.45 bits per heavy atom. The standard InChI is InChI=1S/C22H20N4O2S3/c1-13-3-7-15(8-4-13)11-23-17(27)12-30-21-24-19-18(20(28)25-21)31-22(29)26(19)16-9-5-14(2)6-10-16/h3-10H,11-12H2,1-2H3,(H,23,27)(H,24,25,28). The third-order valence-electron chi connectivity index (χ3n) is 4.66. The molecule has 9 heteroatoms. The number of hydrogen-bond donors (Lipinski definition) is 2. The zero-order valence-electron chi connectivity index (χ0n) is 17.0. The number of thiazole rings is 1. The van der Waals surface area contributed by atoms with Crippen LogP contribution in [0.2, 0.25) is 0 Å². The molecule has 0 aliphatic heterocycles. The largest absolute Gasteiger partial charge is 0.351 e. The Balaban J connectivity index is 1.51. The molecule has 2 aromatic heterocycles. The highest BCUT2D eigenvalue weighted by atomic mass is 32.2. The Hall–Kier alpha value is -2.75. The van der Waals surface area contributed by atoms with Crippen molar-refractivity contribution in [1.29, 1.82) is 0 Å². The molecular formula is C22H20N4O2S3. The lowest BCUT2D eigenvalue weighted by atomic mass is 10.1.